The lowest BCUT2D eigenvalue weighted by Crippen LogP contribution is -2.46. The van der Waals surface area contributed by atoms with Crippen molar-refractivity contribution in [1.82, 2.24) is 4.98 Å². The van der Waals surface area contributed by atoms with Crippen molar-refractivity contribution in [2.45, 2.75) is 69.0 Å². The van der Waals surface area contributed by atoms with Crippen LogP contribution in [0.1, 0.15) is 39.3 Å². The van der Waals surface area contributed by atoms with Gasteiger partial charge in [-0.15, -0.1) is 11.8 Å². The van der Waals surface area contributed by atoms with Crippen LogP contribution in [0.25, 0.3) is 10.4 Å². The molecule has 0 saturated carbocycles. The van der Waals surface area contributed by atoms with Gasteiger partial charge in [-0.3, -0.25) is 9.78 Å². The maximum Gasteiger partial charge on any atom is 0.303 e. The molecule has 0 aliphatic carbocycles. The molecule has 26 heavy (non-hydrogen) atoms. The number of hydrogen-bond acceptors (Lipinski definition) is 5. The molecule has 2 atom stereocenters. The third-order valence-corrected chi connectivity index (χ3v) is 10.2. The Morgan fingerprint density at radius 2 is 2.15 bits per heavy atom. The number of hydrogen-bond donors (Lipinski definition) is 1. The van der Waals surface area contributed by atoms with E-state index in [9.17, 15) is 4.79 Å². The van der Waals surface area contributed by atoms with Gasteiger partial charge in [0.25, 0.3) is 0 Å². The Kier molecular flexibility index (Phi) is 8.62. The number of carboxylic acids is 1. The summed E-state index contributed by atoms with van der Waals surface area (Å²) >= 11 is 1.43. The molecular formula is C17H28N4O3SSi. The van der Waals surface area contributed by atoms with E-state index >= 15 is 0 Å². The summed E-state index contributed by atoms with van der Waals surface area (Å²) in [6.07, 6.45) is 1.55. The summed E-state index contributed by atoms with van der Waals surface area (Å²) in [7, 11) is -2.15. The fourth-order valence-electron chi connectivity index (χ4n) is 2.00. The molecule has 0 aromatic carbocycles. The number of carboxylic acid groups (broad SMARTS) is 1. The summed E-state index contributed by atoms with van der Waals surface area (Å²) in [5, 5.41) is 12.4. The topological polar surface area (TPSA) is 108 Å². The first kappa shape index (κ1) is 22.5. The number of pyridine rings is 1. The molecule has 0 radical (unpaired) electrons. The summed E-state index contributed by atoms with van der Waals surface area (Å²) in [5.74, 6) is -0.321. The molecule has 0 aliphatic heterocycles. The standard InChI is InChI=1S/C17H28N4O3SSi/c1-17(2,3)26(4,5)24-14(9-10-15(22)23)16(20-21-18)25-12-13-8-6-7-11-19-13/h6-8,11,14,16H,9-10,12H2,1-5H3,(H,22,23). The van der Waals surface area contributed by atoms with Gasteiger partial charge in [-0.2, -0.15) is 0 Å². The van der Waals surface area contributed by atoms with Gasteiger partial charge < -0.3 is 9.53 Å². The van der Waals surface area contributed by atoms with Crippen LogP contribution in [0.2, 0.25) is 18.1 Å². The van der Waals surface area contributed by atoms with Gasteiger partial charge in [0.15, 0.2) is 8.32 Å². The molecule has 1 N–H and O–H groups in total. The Morgan fingerprint density at radius 3 is 2.65 bits per heavy atom. The minimum Gasteiger partial charge on any atom is -0.481 e. The van der Waals surface area contributed by atoms with Gasteiger partial charge in [0, 0.05) is 23.3 Å². The Morgan fingerprint density at radius 1 is 1.46 bits per heavy atom. The van der Waals surface area contributed by atoms with Gasteiger partial charge in [0.2, 0.25) is 0 Å². The third-order valence-electron chi connectivity index (χ3n) is 4.51. The van der Waals surface area contributed by atoms with Crippen molar-refractivity contribution in [1.29, 1.82) is 0 Å². The predicted octanol–water partition coefficient (Wildman–Crippen LogP) is 5.21. The second kappa shape index (κ2) is 9.96. The van der Waals surface area contributed by atoms with Crippen molar-refractivity contribution in [2.24, 2.45) is 5.11 Å². The van der Waals surface area contributed by atoms with E-state index in [1.165, 1.54) is 11.8 Å². The van der Waals surface area contributed by atoms with E-state index in [4.69, 9.17) is 15.1 Å². The zero-order chi connectivity index (χ0) is 19.8. The molecule has 1 aromatic heterocycles. The summed E-state index contributed by atoms with van der Waals surface area (Å²) < 4.78 is 6.43. The molecule has 0 spiro atoms. The number of aromatic nitrogens is 1. The lowest BCUT2D eigenvalue weighted by atomic mass is 10.2. The fourth-order valence-corrected chi connectivity index (χ4v) is 4.48. The molecule has 1 heterocycles. The minimum absolute atomic E-state index is 0.0268. The van der Waals surface area contributed by atoms with E-state index in [2.05, 4.69) is 48.9 Å². The predicted molar refractivity (Wildman–Crippen MR) is 107 cm³/mol. The van der Waals surface area contributed by atoms with E-state index < -0.39 is 25.8 Å². The van der Waals surface area contributed by atoms with Gasteiger partial charge >= 0.3 is 5.97 Å². The van der Waals surface area contributed by atoms with Gasteiger partial charge in [0.1, 0.15) is 5.37 Å². The van der Waals surface area contributed by atoms with Crippen LogP contribution in [0.15, 0.2) is 29.5 Å². The Labute approximate surface area is 160 Å². The van der Waals surface area contributed by atoms with Gasteiger partial charge in [-0.05, 0) is 42.2 Å². The molecule has 1 rings (SSSR count). The van der Waals surface area contributed by atoms with Crippen LogP contribution in [0.3, 0.4) is 0 Å². The van der Waals surface area contributed by atoms with Gasteiger partial charge in [-0.1, -0.05) is 32.0 Å². The molecule has 1 aromatic rings. The van der Waals surface area contributed by atoms with Crippen LogP contribution in [-0.2, 0) is 15.0 Å². The number of azide groups is 1. The Balaban J connectivity index is 2.97. The summed E-state index contributed by atoms with van der Waals surface area (Å²) in [6, 6.07) is 5.65. The minimum atomic E-state index is -2.15. The van der Waals surface area contributed by atoms with Crippen LogP contribution < -0.4 is 0 Å². The Bertz CT molecular complexity index is 631. The normalized spacial score (nSPS) is 14.3. The first-order valence-electron chi connectivity index (χ1n) is 8.52. The number of aliphatic carboxylic acids is 1. The van der Waals surface area contributed by atoms with Gasteiger partial charge in [0.05, 0.1) is 11.8 Å². The molecule has 9 heteroatoms. The third kappa shape index (κ3) is 7.37. The number of rotatable bonds is 10. The molecule has 0 aliphatic rings. The average molecular weight is 397 g/mol. The Hall–Kier alpha value is -1.54. The van der Waals surface area contributed by atoms with Crippen molar-refractivity contribution in [3.63, 3.8) is 0 Å². The zero-order valence-corrected chi connectivity index (χ0v) is 17.9. The smallest absolute Gasteiger partial charge is 0.303 e. The van der Waals surface area contributed by atoms with Crippen molar-refractivity contribution >= 4 is 26.0 Å². The molecule has 0 amide bonds. The quantitative estimate of drug-likeness (QED) is 0.253. The van der Waals surface area contributed by atoms with Crippen LogP contribution in [0, 0.1) is 0 Å². The van der Waals surface area contributed by atoms with E-state index in [-0.39, 0.29) is 11.5 Å². The number of carbonyl (C=O) groups is 1. The fraction of sp³-hybridized carbons (Fsp3) is 0.647. The SMILES string of the molecule is CC(C)(C)[Si](C)(C)OC(CCC(=O)O)C(N=[N+]=[N-])SCc1ccccn1. The lowest BCUT2D eigenvalue weighted by molar-refractivity contribution is -0.137. The highest BCUT2D eigenvalue weighted by atomic mass is 32.2. The van der Waals surface area contributed by atoms with Crippen molar-refractivity contribution in [3.05, 3.63) is 40.5 Å². The maximum atomic E-state index is 11.1. The van der Waals surface area contributed by atoms with Crippen molar-refractivity contribution in [3.8, 4) is 0 Å². The van der Waals surface area contributed by atoms with Crippen LogP contribution in [-0.4, -0.2) is 35.9 Å². The van der Waals surface area contributed by atoms with E-state index in [1.807, 2.05) is 18.2 Å². The largest absolute Gasteiger partial charge is 0.481 e. The molecule has 0 bridgehead atoms. The van der Waals surface area contributed by atoms with Crippen molar-refractivity contribution in [2.75, 3.05) is 0 Å². The molecule has 2 unspecified atom stereocenters. The highest BCUT2D eigenvalue weighted by Crippen LogP contribution is 2.39. The van der Waals surface area contributed by atoms with Crippen LogP contribution in [0.5, 0.6) is 0 Å². The van der Waals surface area contributed by atoms with Crippen LogP contribution in [0.4, 0.5) is 0 Å². The molecule has 144 valence electrons. The highest BCUT2D eigenvalue weighted by Gasteiger charge is 2.40. The van der Waals surface area contributed by atoms with Gasteiger partial charge in [-0.25, -0.2) is 0 Å². The van der Waals surface area contributed by atoms with Crippen molar-refractivity contribution < 1.29 is 14.3 Å². The second-order valence-corrected chi connectivity index (χ2v) is 13.4. The lowest BCUT2D eigenvalue weighted by Gasteiger charge is -2.40. The molecule has 7 nitrogen and oxygen atoms in total. The van der Waals surface area contributed by atoms with Crippen LogP contribution >= 0.6 is 11.8 Å². The molecule has 0 fully saturated rings. The van der Waals surface area contributed by atoms with E-state index in [1.54, 1.807) is 6.20 Å². The maximum absolute atomic E-state index is 11.1. The summed E-state index contributed by atoms with van der Waals surface area (Å²) in [5.41, 5.74) is 9.86. The first-order chi connectivity index (χ1) is 12.1. The first-order valence-corrected chi connectivity index (χ1v) is 12.5. The molecule has 0 saturated heterocycles. The highest BCUT2D eigenvalue weighted by molar-refractivity contribution is 7.99. The van der Waals surface area contributed by atoms with E-state index in [0.29, 0.717) is 12.2 Å². The zero-order valence-electron chi connectivity index (χ0n) is 16.0. The monoisotopic (exact) mass is 396 g/mol. The second-order valence-electron chi connectivity index (χ2n) is 7.58. The summed E-state index contributed by atoms with van der Waals surface area (Å²) in [6.45, 7) is 10.6. The number of nitrogens with zero attached hydrogens (tertiary/aromatic N) is 4. The average Bonchev–Trinajstić information content (AvgIpc) is 2.55. The number of thioether (sulfide) groups is 1. The van der Waals surface area contributed by atoms with E-state index in [0.717, 1.165) is 5.69 Å². The summed E-state index contributed by atoms with van der Waals surface area (Å²) in [4.78, 5) is 18.3. The molecular weight excluding hydrogens is 368 g/mol.